The lowest BCUT2D eigenvalue weighted by molar-refractivity contribution is -0.141. The largest absolute Gasteiger partial charge is 0.493 e. The standard InChI is InChI=1S/C35H47N9O10/c1-7-53-28(47)18-40-35(48)54-20(2)14-38-33-41-29-30(31(43-33)36-15-21-8-10-24(49-3)26(12-21)51-5)42-34(39-17-23(46)19-45)44-32(29)37-16-22-9-11-25(50-4)27(13-22)52-6/h8-13,20,23,45-46H,7,14-19H2,1-6H3,(H,40,48)(H2,36,38,41,43)(H2,37,39,42,44). The molecule has 0 bridgehead atoms. The molecule has 0 saturated heterocycles. The first-order valence-electron chi connectivity index (χ1n) is 17.0. The van der Waals surface area contributed by atoms with E-state index >= 15 is 0 Å². The van der Waals surface area contributed by atoms with Crippen LogP contribution in [-0.4, -0.2) is 116 Å². The number of methoxy groups -OCH3 is 4. The SMILES string of the molecule is CCOC(=O)CNC(=O)OC(C)CNc1nc(NCc2ccc(OC)c(OC)c2)c2nc(NCC(O)CO)nc(NCc3ccc(OC)c(OC)c3)c2n1. The van der Waals surface area contributed by atoms with Crippen LogP contribution in [0, 0.1) is 0 Å². The van der Waals surface area contributed by atoms with E-state index in [1.54, 1.807) is 54.4 Å². The number of alkyl carbamates (subject to hydrolysis) is 1. The van der Waals surface area contributed by atoms with E-state index < -0.39 is 30.9 Å². The summed E-state index contributed by atoms with van der Waals surface area (Å²) in [6.07, 6.45) is -2.53. The number of aromatic nitrogens is 4. The fraction of sp³-hybridized carbons (Fsp3) is 0.429. The van der Waals surface area contributed by atoms with Crippen molar-refractivity contribution < 1.29 is 48.2 Å². The van der Waals surface area contributed by atoms with Crippen molar-refractivity contribution in [2.75, 3.05) is 82.6 Å². The topological polar surface area (TPSA) is 242 Å². The van der Waals surface area contributed by atoms with Crippen LogP contribution in [-0.2, 0) is 27.4 Å². The maximum atomic E-state index is 12.3. The molecule has 0 aliphatic carbocycles. The van der Waals surface area contributed by atoms with E-state index in [2.05, 4.69) is 36.6 Å². The van der Waals surface area contributed by atoms with Gasteiger partial charge in [-0.25, -0.2) is 14.8 Å². The van der Waals surface area contributed by atoms with E-state index in [0.717, 1.165) is 11.1 Å². The van der Waals surface area contributed by atoms with Crippen LogP contribution in [0.5, 0.6) is 23.0 Å². The highest BCUT2D eigenvalue weighted by molar-refractivity contribution is 5.94. The first-order valence-corrected chi connectivity index (χ1v) is 17.0. The molecule has 2 unspecified atom stereocenters. The van der Waals surface area contributed by atoms with E-state index in [-0.39, 0.29) is 51.2 Å². The normalized spacial score (nSPS) is 11.9. The number of anilines is 4. The number of aliphatic hydroxyl groups excluding tert-OH is 2. The fourth-order valence-corrected chi connectivity index (χ4v) is 4.90. The van der Waals surface area contributed by atoms with Crippen molar-refractivity contribution in [3.05, 3.63) is 47.5 Å². The lowest BCUT2D eigenvalue weighted by Crippen LogP contribution is -2.35. The van der Waals surface area contributed by atoms with Gasteiger partial charge in [-0.1, -0.05) is 12.1 Å². The molecular formula is C35H47N9O10. The molecular weight excluding hydrogens is 706 g/mol. The fourth-order valence-electron chi connectivity index (χ4n) is 4.90. The van der Waals surface area contributed by atoms with Gasteiger partial charge in [-0.15, -0.1) is 0 Å². The Morgan fingerprint density at radius 3 is 1.69 bits per heavy atom. The van der Waals surface area contributed by atoms with Crippen LogP contribution >= 0.6 is 0 Å². The maximum Gasteiger partial charge on any atom is 0.407 e. The predicted molar refractivity (Wildman–Crippen MR) is 200 cm³/mol. The number of esters is 1. The zero-order valence-corrected chi connectivity index (χ0v) is 31.0. The van der Waals surface area contributed by atoms with Gasteiger partial charge in [-0.3, -0.25) is 4.79 Å². The summed E-state index contributed by atoms with van der Waals surface area (Å²) in [4.78, 5) is 42.6. The van der Waals surface area contributed by atoms with Crippen molar-refractivity contribution in [1.29, 1.82) is 0 Å². The van der Waals surface area contributed by atoms with Gasteiger partial charge in [0.15, 0.2) is 34.6 Å². The zero-order valence-electron chi connectivity index (χ0n) is 31.0. The molecule has 19 heteroatoms. The number of rotatable bonds is 21. The van der Waals surface area contributed by atoms with Gasteiger partial charge in [-0.2, -0.15) is 9.97 Å². The number of carbonyl (C=O) groups excluding carboxylic acids is 2. The molecule has 0 saturated carbocycles. The van der Waals surface area contributed by atoms with Crippen molar-refractivity contribution in [2.24, 2.45) is 0 Å². The molecule has 2 heterocycles. The quantitative estimate of drug-likeness (QED) is 0.0605. The molecule has 2 aromatic carbocycles. The first kappa shape index (κ1) is 40.7. The highest BCUT2D eigenvalue weighted by Crippen LogP contribution is 2.31. The van der Waals surface area contributed by atoms with Gasteiger partial charge in [0.25, 0.3) is 0 Å². The van der Waals surface area contributed by atoms with Crippen molar-refractivity contribution in [3.8, 4) is 23.0 Å². The first-order chi connectivity index (χ1) is 26.1. The number of carbonyl (C=O) groups is 2. The Labute approximate surface area is 312 Å². The second-order valence-corrected chi connectivity index (χ2v) is 11.5. The minimum atomic E-state index is -1.06. The summed E-state index contributed by atoms with van der Waals surface area (Å²) in [6.45, 7) is 3.37. The molecule has 0 aliphatic heterocycles. The van der Waals surface area contributed by atoms with Crippen LogP contribution in [0.15, 0.2) is 36.4 Å². The highest BCUT2D eigenvalue weighted by Gasteiger charge is 2.19. The number of nitrogens with zero attached hydrogens (tertiary/aromatic N) is 4. The monoisotopic (exact) mass is 753 g/mol. The van der Waals surface area contributed by atoms with Crippen LogP contribution in [0.2, 0.25) is 0 Å². The van der Waals surface area contributed by atoms with Gasteiger partial charge in [-0.05, 0) is 49.2 Å². The lowest BCUT2D eigenvalue weighted by atomic mass is 10.2. The molecule has 0 spiro atoms. The summed E-state index contributed by atoms with van der Waals surface area (Å²) in [5.41, 5.74) is 2.34. The van der Waals surface area contributed by atoms with Gasteiger partial charge in [0, 0.05) is 19.6 Å². The molecule has 0 fully saturated rings. The Bertz CT molecular complexity index is 1870. The van der Waals surface area contributed by atoms with E-state index in [1.165, 1.54) is 0 Å². The summed E-state index contributed by atoms with van der Waals surface area (Å²) in [6, 6.07) is 11.0. The second kappa shape index (κ2) is 20.2. The maximum absolute atomic E-state index is 12.3. The minimum Gasteiger partial charge on any atom is -0.493 e. The number of fused-ring (bicyclic) bond motifs is 1. The summed E-state index contributed by atoms with van der Waals surface area (Å²) < 4.78 is 31.9. The Morgan fingerprint density at radius 1 is 0.722 bits per heavy atom. The number of nitrogens with one attached hydrogen (secondary N) is 5. The van der Waals surface area contributed by atoms with Crippen LogP contribution in [0.3, 0.4) is 0 Å². The van der Waals surface area contributed by atoms with Gasteiger partial charge in [0.2, 0.25) is 11.9 Å². The molecule has 0 radical (unpaired) electrons. The summed E-state index contributed by atoms with van der Waals surface area (Å²) in [5.74, 6) is 2.59. The summed E-state index contributed by atoms with van der Waals surface area (Å²) >= 11 is 0. The smallest absolute Gasteiger partial charge is 0.407 e. The average molecular weight is 754 g/mol. The number of hydrogen-bond acceptors (Lipinski definition) is 18. The van der Waals surface area contributed by atoms with Crippen molar-refractivity contribution in [3.63, 3.8) is 0 Å². The number of ether oxygens (including phenoxy) is 6. The van der Waals surface area contributed by atoms with Crippen LogP contribution in [0.1, 0.15) is 25.0 Å². The van der Waals surface area contributed by atoms with Crippen molar-refractivity contribution in [1.82, 2.24) is 25.3 Å². The van der Waals surface area contributed by atoms with E-state index in [4.69, 9.17) is 38.4 Å². The minimum absolute atomic E-state index is 0.0305. The predicted octanol–water partition coefficient (Wildman–Crippen LogP) is 2.53. The molecule has 4 aromatic rings. The molecule has 54 heavy (non-hydrogen) atoms. The Morgan fingerprint density at radius 2 is 1.22 bits per heavy atom. The number of amides is 1. The molecule has 1 amide bonds. The van der Waals surface area contributed by atoms with Crippen LogP contribution in [0.25, 0.3) is 11.0 Å². The van der Waals surface area contributed by atoms with E-state index in [9.17, 15) is 19.8 Å². The zero-order chi connectivity index (χ0) is 39.0. The van der Waals surface area contributed by atoms with Gasteiger partial charge in [0.05, 0.1) is 54.3 Å². The van der Waals surface area contributed by atoms with Crippen molar-refractivity contribution in [2.45, 2.75) is 39.1 Å². The molecule has 2 aromatic heterocycles. The van der Waals surface area contributed by atoms with Gasteiger partial charge >= 0.3 is 12.1 Å². The van der Waals surface area contributed by atoms with E-state index in [0.29, 0.717) is 45.7 Å². The van der Waals surface area contributed by atoms with Gasteiger partial charge < -0.3 is 65.2 Å². The summed E-state index contributed by atoms with van der Waals surface area (Å²) in [7, 11) is 6.22. The second-order valence-electron chi connectivity index (χ2n) is 11.5. The third-order valence-electron chi connectivity index (χ3n) is 7.60. The Balaban J connectivity index is 1.69. The third-order valence-corrected chi connectivity index (χ3v) is 7.60. The Kier molecular flexibility index (Phi) is 15.2. The molecule has 2 atom stereocenters. The molecule has 7 N–H and O–H groups in total. The molecule has 19 nitrogen and oxygen atoms in total. The number of benzene rings is 2. The number of aliphatic hydroxyl groups is 2. The molecule has 292 valence electrons. The lowest BCUT2D eigenvalue weighted by Gasteiger charge is -2.18. The van der Waals surface area contributed by atoms with E-state index in [1.807, 2.05) is 24.3 Å². The highest BCUT2D eigenvalue weighted by atomic mass is 16.6. The number of hydrogen-bond donors (Lipinski definition) is 7. The van der Waals surface area contributed by atoms with Gasteiger partial charge in [0.1, 0.15) is 23.7 Å². The molecule has 0 aliphatic rings. The Hall–Kier alpha value is -6.08. The van der Waals surface area contributed by atoms with Crippen molar-refractivity contribution >= 4 is 46.6 Å². The summed E-state index contributed by atoms with van der Waals surface area (Å²) in [5, 5.41) is 34.5. The van der Waals surface area contributed by atoms with Crippen LogP contribution in [0.4, 0.5) is 28.3 Å². The average Bonchev–Trinajstić information content (AvgIpc) is 3.19. The third kappa shape index (κ3) is 11.5. The van der Waals surface area contributed by atoms with Crippen LogP contribution < -0.4 is 45.5 Å². The molecule has 4 rings (SSSR count).